The standard InChI is InChI=1S/C17H28N2O3S/c1-2-3-4-5-6-7-8-9-10-11-12-23-17-18-14(16(21)22)13-15(20)19-17/h13H,2-12H2,1H3,(H,21,22)(H,18,19,20). The number of nitrogens with one attached hydrogen (secondary N) is 1. The van der Waals surface area contributed by atoms with Crippen LogP contribution in [-0.4, -0.2) is 26.8 Å². The van der Waals surface area contributed by atoms with E-state index >= 15 is 0 Å². The molecule has 0 bridgehead atoms. The second kappa shape index (κ2) is 12.2. The molecule has 23 heavy (non-hydrogen) atoms. The average molecular weight is 340 g/mol. The number of aromatic amines is 1. The number of H-pyrrole nitrogens is 1. The molecule has 2 N–H and O–H groups in total. The summed E-state index contributed by atoms with van der Waals surface area (Å²) in [6, 6.07) is 1.01. The summed E-state index contributed by atoms with van der Waals surface area (Å²) in [5.74, 6) is -0.320. The minimum Gasteiger partial charge on any atom is -0.477 e. The van der Waals surface area contributed by atoms with Gasteiger partial charge in [-0.05, 0) is 6.42 Å². The van der Waals surface area contributed by atoms with Crippen LogP contribution in [0.1, 0.15) is 81.6 Å². The van der Waals surface area contributed by atoms with Crippen LogP contribution in [0.25, 0.3) is 0 Å². The van der Waals surface area contributed by atoms with Crippen molar-refractivity contribution in [3.05, 3.63) is 22.1 Å². The molecule has 1 aromatic rings. The Bertz CT molecular complexity index is 517. The van der Waals surface area contributed by atoms with E-state index < -0.39 is 11.5 Å². The lowest BCUT2D eigenvalue weighted by molar-refractivity contribution is 0.0689. The van der Waals surface area contributed by atoms with Crippen LogP contribution in [0, 0.1) is 0 Å². The molecule has 0 saturated carbocycles. The maximum Gasteiger partial charge on any atom is 0.354 e. The molecule has 0 spiro atoms. The number of aromatic nitrogens is 2. The van der Waals surface area contributed by atoms with Gasteiger partial charge in [-0.2, -0.15) is 0 Å². The van der Waals surface area contributed by atoms with Gasteiger partial charge in [0.25, 0.3) is 5.56 Å². The zero-order chi connectivity index (χ0) is 16.9. The van der Waals surface area contributed by atoms with Gasteiger partial charge >= 0.3 is 5.97 Å². The van der Waals surface area contributed by atoms with Gasteiger partial charge in [0, 0.05) is 11.8 Å². The molecule has 0 atom stereocenters. The highest BCUT2D eigenvalue weighted by molar-refractivity contribution is 7.99. The van der Waals surface area contributed by atoms with E-state index in [1.807, 2.05) is 0 Å². The first-order valence-corrected chi connectivity index (χ1v) is 9.59. The largest absolute Gasteiger partial charge is 0.477 e. The monoisotopic (exact) mass is 340 g/mol. The van der Waals surface area contributed by atoms with Crippen LogP contribution in [-0.2, 0) is 0 Å². The highest BCUT2D eigenvalue weighted by atomic mass is 32.2. The lowest BCUT2D eigenvalue weighted by Crippen LogP contribution is -2.13. The van der Waals surface area contributed by atoms with Gasteiger partial charge in [0.05, 0.1) is 0 Å². The zero-order valence-corrected chi connectivity index (χ0v) is 14.8. The molecule has 0 saturated heterocycles. The first-order chi connectivity index (χ1) is 11.1. The highest BCUT2D eigenvalue weighted by Gasteiger charge is 2.08. The third-order valence-electron chi connectivity index (χ3n) is 3.68. The van der Waals surface area contributed by atoms with Crippen molar-refractivity contribution in [3.63, 3.8) is 0 Å². The number of carboxylic acids is 1. The maximum absolute atomic E-state index is 11.3. The van der Waals surface area contributed by atoms with E-state index in [1.165, 1.54) is 69.5 Å². The Hall–Kier alpha value is -1.30. The second-order valence-corrected chi connectivity index (χ2v) is 6.86. The van der Waals surface area contributed by atoms with Gasteiger partial charge in [0.2, 0.25) is 0 Å². The number of carbonyl (C=O) groups is 1. The number of hydrogen-bond donors (Lipinski definition) is 2. The number of thioether (sulfide) groups is 1. The van der Waals surface area contributed by atoms with Crippen LogP contribution in [0.5, 0.6) is 0 Å². The summed E-state index contributed by atoms with van der Waals surface area (Å²) in [7, 11) is 0. The van der Waals surface area contributed by atoms with Crippen molar-refractivity contribution in [1.82, 2.24) is 9.97 Å². The molecule has 0 radical (unpaired) electrons. The molecule has 0 unspecified atom stereocenters. The Morgan fingerprint density at radius 3 is 2.22 bits per heavy atom. The molecule has 0 aromatic carbocycles. The van der Waals surface area contributed by atoms with Crippen LogP contribution in [0.2, 0.25) is 0 Å². The third kappa shape index (κ3) is 9.43. The Labute approximate surface area is 142 Å². The predicted molar refractivity (Wildman–Crippen MR) is 94.4 cm³/mol. The Kier molecular flexibility index (Phi) is 10.4. The quantitative estimate of drug-likeness (QED) is 0.314. The van der Waals surface area contributed by atoms with E-state index in [0.717, 1.165) is 18.2 Å². The fourth-order valence-electron chi connectivity index (χ4n) is 2.37. The van der Waals surface area contributed by atoms with E-state index in [4.69, 9.17) is 5.11 Å². The molecule has 6 heteroatoms. The van der Waals surface area contributed by atoms with Gasteiger partial charge in [-0.25, -0.2) is 9.78 Å². The average Bonchev–Trinajstić information content (AvgIpc) is 2.52. The zero-order valence-electron chi connectivity index (χ0n) is 14.0. The van der Waals surface area contributed by atoms with Gasteiger partial charge in [-0.15, -0.1) is 0 Å². The number of aromatic carboxylic acids is 1. The third-order valence-corrected chi connectivity index (χ3v) is 4.64. The van der Waals surface area contributed by atoms with Gasteiger partial charge in [-0.3, -0.25) is 4.79 Å². The van der Waals surface area contributed by atoms with Gasteiger partial charge < -0.3 is 10.1 Å². The summed E-state index contributed by atoms with van der Waals surface area (Å²) in [5, 5.41) is 9.26. The number of hydrogen-bond acceptors (Lipinski definition) is 4. The van der Waals surface area contributed by atoms with Crippen LogP contribution in [0.15, 0.2) is 16.0 Å². The summed E-state index contributed by atoms with van der Waals surface area (Å²) in [5.41, 5.74) is -0.609. The molecule has 0 aliphatic rings. The van der Waals surface area contributed by atoms with E-state index in [0.29, 0.717) is 5.16 Å². The van der Waals surface area contributed by atoms with Gasteiger partial charge in [0.15, 0.2) is 10.9 Å². The van der Waals surface area contributed by atoms with E-state index in [-0.39, 0.29) is 5.69 Å². The number of carboxylic acid groups (broad SMARTS) is 1. The summed E-state index contributed by atoms with van der Waals surface area (Å²) in [6.07, 6.45) is 12.8. The summed E-state index contributed by atoms with van der Waals surface area (Å²) in [6.45, 7) is 2.24. The van der Waals surface area contributed by atoms with Crippen LogP contribution in [0.4, 0.5) is 0 Å². The minimum absolute atomic E-state index is 0.195. The molecular formula is C17H28N2O3S. The lowest BCUT2D eigenvalue weighted by atomic mass is 10.1. The topological polar surface area (TPSA) is 83.0 Å². The van der Waals surface area contributed by atoms with Gasteiger partial charge in [-0.1, -0.05) is 76.5 Å². The second-order valence-electron chi connectivity index (χ2n) is 5.77. The highest BCUT2D eigenvalue weighted by Crippen LogP contribution is 2.16. The van der Waals surface area contributed by atoms with Crippen LogP contribution < -0.4 is 5.56 Å². The van der Waals surface area contributed by atoms with Gasteiger partial charge in [0.1, 0.15) is 0 Å². The van der Waals surface area contributed by atoms with Crippen LogP contribution in [0.3, 0.4) is 0 Å². The molecule has 1 rings (SSSR count). The maximum atomic E-state index is 11.3. The van der Waals surface area contributed by atoms with Crippen molar-refractivity contribution < 1.29 is 9.90 Å². The molecule has 0 fully saturated rings. The first-order valence-electron chi connectivity index (χ1n) is 8.61. The SMILES string of the molecule is CCCCCCCCCCCCSc1nc(C(=O)O)cc(=O)[nH]1. The Morgan fingerprint density at radius 1 is 1.09 bits per heavy atom. The van der Waals surface area contributed by atoms with E-state index in [1.54, 1.807) is 0 Å². The van der Waals surface area contributed by atoms with Crippen molar-refractivity contribution >= 4 is 17.7 Å². The molecule has 5 nitrogen and oxygen atoms in total. The van der Waals surface area contributed by atoms with E-state index in [2.05, 4.69) is 16.9 Å². The summed E-state index contributed by atoms with van der Waals surface area (Å²) < 4.78 is 0. The molecule has 130 valence electrons. The Morgan fingerprint density at radius 2 is 1.65 bits per heavy atom. The van der Waals surface area contributed by atoms with Crippen molar-refractivity contribution in [1.29, 1.82) is 0 Å². The molecule has 0 aliphatic carbocycles. The smallest absolute Gasteiger partial charge is 0.354 e. The van der Waals surface area contributed by atoms with Crippen molar-refractivity contribution in [2.45, 2.75) is 76.3 Å². The molecular weight excluding hydrogens is 312 g/mol. The molecule has 0 aliphatic heterocycles. The number of nitrogens with zero attached hydrogens (tertiary/aromatic N) is 1. The lowest BCUT2D eigenvalue weighted by Gasteiger charge is -2.03. The van der Waals surface area contributed by atoms with Crippen molar-refractivity contribution in [2.75, 3.05) is 5.75 Å². The van der Waals surface area contributed by atoms with E-state index in [9.17, 15) is 9.59 Å². The summed E-state index contributed by atoms with van der Waals surface area (Å²) >= 11 is 1.41. The van der Waals surface area contributed by atoms with Crippen molar-refractivity contribution in [2.24, 2.45) is 0 Å². The number of unbranched alkanes of at least 4 members (excludes halogenated alkanes) is 9. The minimum atomic E-state index is -1.17. The molecule has 1 heterocycles. The predicted octanol–water partition coefficient (Wildman–Crippen LogP) is 4.48. The summed E-state index contributed by atoms with van der Waals surface area (Å²) in [4.78, 5) is 28.7. The first kappa shape index (κ1) is 19.7. The van der Waals surface area contributed by atoms with Crippen molar-refractivity contribution in [3.8, 4) is 0 Å². The Balaban J connectivity index is 2.07. The molecule has 0 amide bonds. The fraction of sp³-hybridized carbons (Fsp3) is 0.706. The molecule has 1 aromatic heterocycles. The van der Waals surface area contributed by atoms with Crippen LogP contribution >= 0.6 is 11.8 Å². The fourth-order valence-corrected chi connectivity index (χ4v) is 3.25. The normalized spacial score (nSPS) is 10.8. The number of rotatable bonds is 13.